The maximum absolute atomic E-state index is 12.4. The second-order valence-corrected chi connectivity index (χ2v) is 6.04. The minimum Gasteiger partial charge on any atom is -0.341 e. The van der Waals surface area contributed by atoms with E-state index >= 15 is 0 Å². The SMILES string of the molecule is CN(C)C1CCN(C(=O)C(C)(N)C2CC2)CC1. The van der Waals surface area contributed by atoms with E-state index in [2.05, 4.69) is 19.0 Å². The first-order chi connectivity index (χ1) is 7.93. The summed E-state index contributed by atoms with van der Waals surface area (Å²) in [5.41, 5.74) is 5.57. The van der Waals surface area contributed by atoms with Crippen LogP contribution in [-0.2, 0) is 4.79 Å². The summed E-state index contributed by atoms with van der Waals surface area (Å²) in [6.45, 7) is 3.63. The highest BCUT2D eigenvalue weighted by atomic mass is 16.2. The van der Waals surface area contributed by atoms with Gasteiger partial charge in [-0.25, -0.2) is 0 Å². The molecule has 1 atom stereocenters. The lowest BCUT2D eigenvalue weighted by atomic mass is 9.93. The van der Waals surface area contributed by atoms with E-state index in [4.69, 9.17) is 5.73 Å². The fourth-order valence-corrected chi connectivity index (χ4v) is 2.78. The summed E-state index contributed by atoms with van der Waals surface area (Å²) in [5.74, 6) is 0.582. The first kappa shape index (κ1) is 12.8. The number of amides is 1. The molecule has 1 saturated heterocycles. The normalized spacial score (nSPS) is 26.1. The Bertz CT molecular complexity index is 289. The lowest BCUT2D eigenvalue weighted by molar-refractivity contribution is -0.138. The first-order valence-corrected chi connectivity index (χ1v) is 6.67. The van der Waals surface area contributed by atoms with Crippen LogP contribution in [0, 0.1) is 5.92 Å². The standard InChI is InChI=1S/C13H25N3O/c1-13(14,10-4-5-10)12(17)16-8-6-11(7-9-16)15(2)3/h10-11H,4-9,14H2,1-3H3. The molecular weight excluding hydrogens is 214 g/mol. The molecule has 1 aliphatic heterocycles. The second kappa shape index (κ2) is 4.58. The van der Waals surface area contributed by atoms with Crippen LogP contribution in [0.15, 0.2) is 0 Å². The molecule has 2 fully saturated rings. The smallest absolute Gasteiger partial charge is 0.242 e. The van der Waals surface area contributed by atoms with E-state index in [1.165, 1.54) is 0 Å². The van der Waals surface area contributed by atoms with E-state index in [0.717, 1.165) is 38.8 Å². The van der Waals surface area contributed by atoms with Crippen molar-refractivity contribution in [2.24, 2.45) is 11.7 Å². The molecular formula is C13H25N3O. The van der Waals surface area contributed by atoms with Gasteiger partial charge in [-0.1, -0.05) is 0 Å². The third-order valence-corrected chi connectivity index (χ3v) is 4.37. The summed E-state index contributed by atoms with van der Waals surface area (Å²) < 4.78 is 0. The topological polar surface area (TPSA) is 49.6 Å². The molecule has 2 rings (SSSR count). The molecule has 1 heterocycles. The van der Waals surface area contributed by atoms with Gasteiger partial charge in [-0.15, -0.1) is 0 Å². The summed E-state index contributed by atoms with van der Waals surface area (Å²) >= 11 is 0. The molecule has 0 radical (unpaired) electrons. The number of carbonyl (C=O) groups is 1. The Labute approximate surface area is 104 Å². The Kier molecular flexibility index (Phi) is 3.46. The lowest BCUT2D eigenvalue weighted by Gasteiger charge is -2.38. The highest BCUT2D eigenvalue weighted by Gasteiger charge is 2.46. The van der Waals surface area contributed by atoms with Gasteiger partial charge in [0, 0.05) is 19.1 Å². The Balaban J connectivity index is 1.90. The lowest BCUT2D eigenvalue weighted by Crippen LogP contribution is -2.57. The minimum atomic E-state index is -0.620. The van der Waals surface area contributed by atoms with Crippen LogP contribution in [0.25, 0.3) is 0 Å². The minimum absolute atomic E-state index is 0.164. The average Bonchev–Trinajstić information content (AvgIpc) is 3.12. The number of nitrogens with zero attached hydrogens (tertiary/aromatic N) is 2. The van der Waals surface area contributed by atoms with Crippen LogP contribution in [-0.4, -0.2) is 54.5 Å². The third-order valence-electron chi connectivity index (χ3n) is 4.37. The van der Waals surface area contributed by atoms with E-state index in [9.17, 15) is 4.79 Å². The van der Waals surface area contributed by atoms with Gasteiger partial charge in [-0.2, -0.15) is 0 Å². The molecule has 17 heavy (non-hydrogen) atoms. The number of hydrogen-bond acceptors (Lipinski definition) is 3. The number of rotatable bonds is 3. The summed E-state index contributed by atoms with van der Waals surface area (Å²) in [5, 5.41) is 0. The molecule has 2 aliphatic rings. The summed E-state index contributed by atoms with van der Waals surface area (Å²) in [6, 6.07) is 0.615. The zero-order valence-corrected chi connectivity index (χ0v) is 11.3. The molecule has 4 heteroatoms. The zero-order chi connectivity index (χ0) is 12.6. The molecule has 1 amide bonds. The van der Waals surface area contributed by atoms with Gasteiger partial charge in [-0.05, 0) is 52.6 Å². The summed E-state index contributed by atoms with van der Waals surface area (Å²) in [4.78, 5) is 16.6. The number of hydrogen-bond donors (Lipinski definition) is 1. The molecule has 2 N–H and O–H groups in total. The molecule has 0 spiro atoms. The van der Waals surface area contributed by atoms with Crippen molar-refractivity contribution in [3.8, 4) is 0 Å². The van der Waals surface area contributed by atoms with Gasteiger partial charge in [0.2, 0.25) is 5.91 Å². The Hall–Kier alpha value is -0.610. The highest BCUT2D eigenvalue weighted by Crippen LogP contribution is 2.39. The van der Waals surface area contributed by atoms with Gasteiger partial charge in [0.25, 0.3) is 0 Å². The first-order valence-electron chi connectivity index (χ1n) is 6.67. The summed E-state index contributed by atoms with van der Waals surface area (Å²) in [6.07, 6.45) is 4.37. The molecule has 1 aliphatic carbocycles. The molecule has 1 saturated carbocycles. The van der Waals surface area contributed by atoms with Crippen LogP contribution in [0.4, 0.5) is 0 Å². The van der Waals surface area contributed by atoms with Crippen LogP contribution >= 0.6 is 0 Å². The Morgan fingerprint density at radius 1 is 1.24 bits per heavy atom. The predicted molar refractivity (Wildman–Crippen MR) is 68.6 cm³/mol. The van der Waals surface area contributed by atoms with Crippen LogP contribution in [0.2, 0.25) is 0 Å². The molecule has 0 aromatic carbocycles. The predicted octanol–water partition coefficient (Wildman–Crippen LogP) is 0.666. The zero-order valence-electron chi connectivity index (χ0n) is 11.3. The van der Waals surface area contributed by atoms with Gasteiger partial charge in [0.15, 0.2) is 0 Å². The fourth-order valence-electron chi connectivity index (χ4n) is 2.78. The monoisotopic (exact) mass is 239 g/mol. The second-order valence-electron chi connectivity index (χ2n) is 6.04. The van der Waals surface area contributed by atoms with Gasteiger partial charge in [0.05, 0.1) is 5.54 Å². The summed E-state index contributed by atoms with van der Waals surface area (Å²) in [7, 11) is 4.22. The van der Waals surface area contributed by atoms with Crippen LogP contribution in [0.1, 0.15) is 32.6 Å². The van der Waals surface area contributed by atoms with E-state index < -0.39 is 5.54 Å². The van der Waals surface area contributed by atoms with Crippen molar-refractivity contribution in [3.63, 3.8) is 0 Å². The molecule has 0 aromatic rings. The quantitative estimate of drug-likeness (QED) is 0.787. The van der Waals surface area contributed by atoms with Crippen molar-refractivity contribution >= 4 is 5.91 Å². The van der Waals surface area contributed by atoms with Crippen molar-refractivity contribution in [1.82, 2.24) is 9.80 Å². The Morgan fingerprint density at radius 3 is 2.18 bits per heavy atom. The van der Waals surface area contributed by atoms with E-state index in [0.29, 0.717) is 12.0 Å². The maximum Gasteiger partial charge on any atom is 0.242 e. The largest absolute Gasteiger partial charge is 0.341 e. The molecule has 0 bridgehead atoms. The van der Waals surface area contributed by atoms with Crippen molar-refractivity contribution in [2.45, 2.75) is 44.2 Å². The van der Waals surface area contributed by atoms with Gasteiger partial charge in [0.1, 0.15) is 0 Å². The van der Waals surface area contributed by atoms with Gasteiger partial charge < -0.3 is 15.5 Å². The van der Waals surface area contributed by atoms with Crippen LogP contribution in [0.3, 0.4) is 0 Å². The number of likely N-dealkylation sites (tertiary alicyclic amines) is 1. The third kappa shape index (κ3) is 2.63. The van der Waals surface area contributed by atoms with E-state index in [1.807, 2.05) is 11.8 Å². The maximum atomic E-state index is 12.4. The number of piperidine rings is 1. The van der Waals surface area contributed by atoms with Gasteiger partial charge in [-0.3, -0.25) is 4.79 Å². The van der Waals surface area contributed by atoms with Crippen LogP contribution in [0.5, 0.6) is 0 Å². The van der Waals surface area contributed by atoms with Crippen molar-refractivity contribution in [2.75, 3.05) is 27.2 Å². The number of nitrogens with two attached hydrogens (primary N) is 1. The number of carbonyl (C=O) groups excluding carboxylic acids is 1. The van der Waals surface area contributed by atoms with E-state index in [-0.39, 0.29) is 5.91 Å². The molecule has 0 aromatic heterocycles. The Morgan fingerprint density at radius 2 is 1.76 bits per heavy atom. The fraction of sp³-hybridized carbons (Fsp3) is 0.923. The average molecular weight is 239 g/mol. The van der Waals surface area contributed by atoms with Gasteiger partial charge >= 0.3 is 0 Å². The van der Waals surface area contributed by atoms with Crippen molar-refractivity contribution in [1.29, 1.82) is 0 Å². The molecule has 1 unspecified atom stereocenters. The van der Waals surface area contributed by atoms with E-state index in [1.54, 1.807) is 0 Å². The highest BCUT2D eigenvalue weighted by molar-refractivity contribution is 5.86. The van der Waals surface area contributed by atoms with Crippen molar-refractivity contribution < 1.29 is 4.79 Å². The molecule has 4 nitrogen and oxygen atoms in total. The van der Waals surface area contributed by atoms with Crippen LogP contribution < -0.4 is 5.73 Å². The van der Waals surface area contributed by atoms with Crippen molar-refractivity contribution in [3.05, 3.63) is 0 Å². The molecule has 98 valence electrons.